The fourth-order valence-electron chi connectivity index (χ4n) is 3.75. The van der Waals surface area contributed by atoms with Crippen LogP contribution in [-0.4, -0.2) is 52.7 Å². The third-order valence-corrected chi connectivity index (χ3v) is 7.48. The minimum Gasteiger partial charge on any atom is -0.468 e. The molecule has 0 fully saturated rings. The highest BCUT2D eigenvalue weighted by Gasteiger charge is 2.30. The van der Waals surface area contributed by atoms with E-state index in [0.29, 0.717) is 30.1 Å². The fraction of sp³-hybridized carbons (Fsp3) is 0.318. The van der Waals surface area contributed by atoms with Crippen LogP contribution in [-0.2, 0) is 27.9 Å². The van der Waals surface area contributed by atoms with Crippen LogP contribution in [0.2, 0.25) is 0 Å². The van der Waals surface area contributed by atoms with Crippen LogP contribution >= 0.6 is 0 Å². The quantitative estimate of drug-likeness (QED) is 0.545. The molecule has 0 spiro atoms. The summed E-state index contributed by atoms with van der Waals surface area (Å²) in [4.78, 5) is 13.0. The van der Waals surface area contributed by atoms with E-state index in [1.54, 1.807) is 26.0 Å². The van der Waals surface area contributed by atoms with Gasteiger partial charge in [-0.05, 0) is 31.5 Å². The normalized spacial score (nSPS) is 14.2. The molecule has 3 aromatic rings. The van der Waals surface area contributed by atoms with Gasteiger partial charge < -0.3 is 4.42 Å². The van der Waals surface area contributed by atoms with Gasteiger partial charge in [0, 0.05) is 13.5 Å². The molecule has 0 bridgehead atoms. The Morgan fingerprint density at radius 2 is 1.91 bits per heavy atom. The van der Waals surface area contributed by atoms with Crippen LogP contribution in [0, 0.1) is 13.8 Å². The number of benzene rings is 1. The van der Waals surface area contributed by atoms with Gasteiger partial charge in [-0.25, -0.2) is 13.4 Å². The van der Waals surface area contributed by atoms with Gasteiger partial charge in [0.15, 0.2) is 0 Å². The summed E-state index contributed by atoms with van der Waals surface area (Å²) in [5, 5.41) is 10.2. The number of amides is 1. The van der Waals surface area contributed by atoms with Crippen LogP contribution in [0.1, 0.15) is 29.1 Å². The number of furan rings is 1. The molecule has 0 N–H and O–H groups in total. The second-order valence-corrected chi connectivity index (χ2v) is 9.66. The largest absolute Gasteiger partial charge is 0.468 e. The molecule has 3 heterocycles. The topological polar surface area (TPSA) is 101 Å². The van der Waals surface area contributed by atoms with Crippen molar-refractivity contribution in [2.75, 3.05) is 13.6 Å². The molecule has 4 rings (SSSR count). The van der Waals surface area contributed by atoms with Gasteiger partial charge >= 0.3 is 0 Å². The van der Waals surface area contributed by atoms with E-state index in [1.807, 2.05) is 30.3 Å². The highest BCUT2D eigenvalue weighted by Crippen LogP contribution is 2.24. The van der Waals surface area contributed by atoms with E-state index >= 15 is 0 Å². The summed E-state index contributed by atoms with van der Waals surface area (Å²) >= 11 is 0. The predicted molar refractivity (Wildman–Crippen MR) is 118 cm³/mol. The van der Waals surface area contributed by atoms with Crippen molar-refractivity contribution in [3.63, 3.8) is 0 Å². The Labute approximate surface area is 187 Å². The predicted octanol–water partition coefficient (Wildman–Crippen LogP) is 2.55. The Morgan fingerprint density at radius 1 is 1.16 bits per heavy atom. The SMILES string of the molecule is Cc1nn(CC(=O)N2CCC(c3ccccc3)=N2)c(C)c1S(=O)(=O)N(C)Cc1ccco1. The number of aryl methyl sites for hydroxylation is 1. The zero-order chi connectivity index (χ0) is 22.9. The maximum absolute atomic E-state index is 13.2. The number of hydrazone groups is 1. The Hall–Kier alpha value is -3.24. The highest BCUT2D eigenvalue weighted by molar-refractivity contribution is 7.89. The van der Waals surface area contributed by atoms with Crippen molar-refractivity contribution >= 4 is 21.6 Å². The molecule has 0 atom stereocenters. The van der Waals surface area contributed by atoms with Gasteiger partial charge in [-0.1, -0.05) is 30.3 Å². The van der Waals surface area contributed by atoms with E-state index in [0.717, 1.165) is 11.3 Å². The molecule has 9 nitrogen and oxygen atoms in total. The number of hydrogen-bond donors (Lipinski definition) is 0. The summed E-state index contributed by atoms with van der Waals surface area (Å²) in [6.07, 6.45) is 2.17. The lowest BCUT2D eigenvalue weighted by atomic mass is 10.1. The molecule has 1 aliphatic heterocycles. The Morgan fingerprint density at radius 3 is 2.59 bits per heavy atom. The van der Waals surface area contributed by atoms with Gasteiger partial charge in [-0.15, -0.1) is 0 Å². The van der Waals surface area contributed by atoms with Crippen molar-refractivity contribution in [3.8, 4) is 0 Å². The summed E-state index contributed by atoms with van der Waals surface area (Å²) in [7, 11) is -2.33. The van der Waals surface area contributed by atoms with Crippen molar-refractivity contribution in [2.45, 2.75) is 38.3 Å². The number of rotatable bonds is 7. The van der Waals surface area contributed by atoms with E-state index < -0.39 is 10.0 Å². The van der Waals surface area contributed by atoms with Crippen LogP contribution in [0.15, 0.2) is 63.1 Å². The first-order valence-electron chi connectivity index (χ1n) is 10.2. The lowest BCUT2D eigenvalue weighted by Gasteiger charge is -2.16. The molecule has 0 unspecified atom stereocenters. The third-order valence-electron chi connectivity index (χ3n) is 5.42. The van der Waals surface area contributed by atoms with Gasteiger partial charge in [-0.2, -0.15) is 14.5 Å². The van der Waals surface area contributed by atoms with Gasteiger partial charge in [0.05, 0.1) is 36.5 Å². The van der Waals surface area contributed by atoms with Crippen LogP contribution in [0.5, 0.6) is 0 Å². The first-order valence-corrected chi connectivity index (χ1v) is 11.7. The number of carbonyl (C=O) groups excluding carboxylic acids is 1. The molecule has 2 aromatic heterocycles. The average molecular weight is 456 g/mol. The van der Waals surface area contributed by atoms with Crippen molar-refractivity contribution in [1.29, 1.82) is 0 Å². The second-order valence-electron chi connectivity index (χ2n) is 7.68. The highest BCUT2D eigenvalue weighted by atomic mass is 32.2. The molecule has 32 heavy (non-hydrogen) atoms. The zero-order valence-electron chi connectivity index (χ0n) is 18.2. The molecule has 10 heteroatoms. The maximum Gasteiger partial charge on any atom is 0.264 e. The van der Waals surface area contributed by atoms with Gasteiger partial charge in [0.2, 0.25) is 10.0 Å². The smallest absolute Gasteiger partial charge is 0.264 e. The minimum absolute atomic E-state index is 0.0876. The van der Waals surface area contributed by atoms with Crippen LogP contribution in [0.4, 0.5) is 0 Å². The molecule has 0 radical (unpaired) electrons. The van der Waals surface area contributed by atoms with Crippen LogP contribution < -0.4 is 0 Å². The standard InChI is InChI=1S/C22H25N5O4S/c1-16-22(32(29,30)25(3)14-19-10-7-13-31-19)17(2)27(23-16)15-21(28)26-12-11-20(24-26)18-8-5-4-6-9-18/h4-10,13H,11-12,14-15H2,1-3H3. The molecule has 0 saturated heterocycles. The van der Waals surface area contributed by atoms with E-state index in [4.69, 9.17) is 4.42 Å². The first kappa shape index (κ1) is 22.0. The van der Waals surface area contributed by atoms with E-state index in [2.05, 4.69) is 10.2 Å². The van der Waals surface area contributed by atoms with Gasteiger partial charge in [-0.3, -0.25) is 9.48 Å². The maximum atomic E-state index is 13.2. The second kappa shape index (κ2) is 8.71. The lowest BCUT2D eigenvalue weighted by molar-refractivity contribution is -0.131. The zero-order valence-corrected chi connectivity index (χ0v) is 19.0. The van der Waals surface area contributed by atoms with Crippen LogP contribution in [0.3, 0.4) is 0 Å². The van der Waals surface area contributed by atoms with E-state index in [-0.39, 0.29) is 23.9 Å². The Kier molecular flexibility index (Phi) is 5.98. The summed E-state index contributed by atoms with van der Waals surface area (Å²) in [6.45, 7) is 3.78. The van der Waals surface area contributed by atoms with E-state index in [9.17, 15) is 13.2 Å². The van der Waals surface area contributed by atoms with Crippen molar-refractivity contribution in [2.24, 2.45) is 5.10 Å². The number of hydrogen-bond acceptors (Lipinski definition) is 6. The molecule has 1 amide bonds. The molecular formula is C22H25N5O4S. The summed E-state index contributed by atoms with van der Waals surface area (Å²) in [6, 6.07) is 13.1. The van der Waals surface area contributed by atoms with Crippen LogP contribution in [0.25, 0.3) is 0 Å². The Bertz CT molecular complexity index is 1250. The molecule has 0 saturated carbocycles. The summed E-state index contributed by atoms with van der Waals surface area (Å²) < 4.78 is 34.2. The number of sulfonamides is 1. The molecule has 168 valence electrons. The fourth-order valence-corrected chi connectivity index (χ4v) is 5.25. The molecule has 1 aliphatic rings. The molecule has 1 aromatic carbocycles. The summed E-state index contributed by atoms with van der Waals surface area (Å²) in [5.41, 5.74) is 2.60. The first-order chi connectivity index (χ1) is 15.3. The van der Waals surface area contributed by atoms with Gasteiger partial charge in [0.25, 0.3) is 5.91 Å². The number of nitrogens with zero attached hydrogens (tertiary/aromatic N) is 5. The third kappa shape index (κ3) is 4.23. The van der Waals surface area contributed by atoms with Crippen molar-refractivity contribution in [1.82, 2.24) is 19.1 Å². The number of aromatic nitrogens is 2. The minimum atomic E-state index is -3.82. The van der Waals surface area contributed by atoms with Crippen molar-refractivity contribution in [3.05, 3.63) is 71.4 Å². The average Bonchev–Trinajstić information content (AvgIpc) is 3.50. The van der Waals surface area contributed by atoms with Crippen molar-refractivity contribution < 1.29 is 17.6 Å². The van der Waals surface area contributed by atoms with E-state index in [1.165, 1.54) is 27.3 Å². The molecular weight excluding hydrogens is 430 g/mol. The summed E-state index contributed by atoms with van der Waals surface area (Å²) in [5.74, 6) is 0.296. The monoisotopic (exact) mass is 455 g/mol. The molecule has 0 aliphatic carbocycles. The Balaban J connectivity index is 1.52. The lowest BCUT2D eigenvalue weighted by Crippen LogP contribution is -2.29. The van der Waals surface area contributed by atoms with Gasteiger partial charge in [0.1, 0.15) is 17.2 Å². The number of carbonyl (C=O) groups is 1.